The molecule has 0 bridgehead atoms. The van der Waals surface area contributed by atoms with Crippen LogP contribution in [0.15, 0.2) is 53.5 Å². The molecule has 5 heteroatoms. The molecule has 1 unspecified atom stereocenters. The molecule has 0 spiro atoms. The Morgan fingerprint density at radius 1 is 1.21 bits per heavy atom. The summed E-state index contributed by atoms with van der Waals surface area (Å²) in [7, 11) is 0. The molecule has 0 radical (unpaired) electrons. The third-order valence-electron chi connectivity index (χ3n) is 5.68. The Kier molecular flexibility index (Phi) is 6.14. The third-order valence-corrected chi connectivity index (χ3v) is 6.88. The van der Waals surface area contributed by atoms with Gasteiger partial charge in [0.1, 0.15) is 10.2 Å². The van der Waals surface area contributed by atoms with Crippen LogP contribution in [-0.2, 0) is 16.0 Å². The summed E-state index contributed by atoms with van der Waals surface area (Å²) in [6.45, 7) is 2.20. The lowest BCUT2D eigenvalue weighted by Crippen LogP contribution is -2.45. The number of aryl methyl sites for hydroxylation is 1. The minimum Gasteiger partial charge on any atom is -0.348 e. The Bertz CT molecular complexity index is 919. The predicted octanol–water partition coefficient (Wildman–Crippen LogP) is 3.87. The van der Waals surface area contributed by atoms with Gasteiger partial charge < -0.3 is 5.32 Å². The monoisotopic (exact) mass is 407 g/mol. The molecule has 3 aliphatic rings. The van der Waals surface area contributed by atoms with E-state index in [0.717, 1.165) is 30.5 Å². The first kappa shape index (κ1) is 19.9. The first-order valence-electron chi connectivity index (χ1n) is 10.4. The van der Waals surface area contributed by atoms with Crippen molar-refractivity contribution in [2.45, 2.75) is 50.3 Å². The van der Waals surface area contributed by atoms with Crippen LogP contribution in [0.1, 0.15) is 43.7 Å². The number of amides is 2. The van der Waals surface area contributed by atoms with Crippen molar-refractivity contribution in [2.24, 2.45) is 0 Å². The second-order valence-corrected chi connectivity index (χ2v) is 8.93. The molecule has 1 fully saturated rings. The first-order chi connectivity index (χ1) is 14.1. The van der Waals surface area contributed by atoms with E-state index >= 15 is 0 Å². The van der Waals surface area contributed by atoms with Gasteiger partial charge in [-0.05, 0) is 36.5 Å². The second kappa shape index (κ2) is 8.95. The molecule has 1 aromatic carbocycles. The highest BCUT2D eigenvalue weighted by molar-refractivity contribution is 8.05. The first-order valence-corrected chi connectivity index (χ1v) is 11.3. The summed E-state index contributed by atoms with van der Waals surface area (Å²) in [6.07, 6.45) is 15.3. The minimum absolute atomic E-state index is 0.0538. The molecule has 150 valence electrons. The van der Waals surface area contributed by atoms with Gasteiger partial charge >= 0.3 is 5.91 Å². The van der Waals surface area contributed by atoms with Crippen molar-refractivity contribution in [1.29, 1.82) is 0 Å². The summed E-state index contributed by atoms with van der Waals surface area (Å²) in [4.78, 5) is 26.6. The van der Waals surface area contributed by atoms with Crippen molar-refractivity contribution in [3.05, 3.63) is 64.6 Å². The highest BCUT2D eigenvalue weighted by atomic mass is 32.2. The number of benzene rings is 1. The van der Waals surface area contributed by atoms with Crippen LogP contribution < -0.4 is 5.32 Å². The SMILES string of the molecule is CCc1ccc(/C=C2/SC3C=CC=CC3=[N+](CC(=O)NC3CCCC3)C2=O)cc1. The Balaban J connectivity index is 1.58. The lowest BCUT2D eigenvalue weighted by molar-refractivity contribution is -0.434. The van der Waals surface area contributed by atoms with E-state index in [9.17, 15) is 9.59 Å². The molecular formula is C24H27N2O2S+. The quantitative estimate of drug-likeness (QED) is 0.595. The van der Waals surface area contributed by atoms with Crippen LogP contribution in [0.25, 0.3) is 6.08 Å². The van der Waals surface area contributed by atoms with Crippen molar-refractivity contribution < 1.29 is 14.2 Å². The Morgan fingerprint density at radius 3 is 2.69 bits per heavy atom. The van der Waals surface area contributed by atoms with Crippen LogP contribution in [0, 0.1) is 0 Å². The molecule has 1 saturated carbocycles. The summed E-state index contributed by atoms with van der Waals surface area (Å²) in [5.74, 6) is -0.166. The third kappa shape index (κ3) is 4.61. The topological polar surface area (TPSA) is 49.2 Å². The van der Waals surface area contributed by atoms with Crippen LogP contribution in [0.2, 0.25) is 0 Å². The molecule has 2 amide bonds. The van der Waals surface area contributed by atoms with Crippen LogP contribution in [0.3, 0.4) is 0 Å². The minimum atomic E-state index is -0.0951. The zero-order valence-electron chi connectivity index (χ0n) is 16.8. The molecule has 1 N–H and O–H groups in total. The lowest BCUT2D eigenvalue weighted by atomic mass is 10.1. The van der Waals surface area contributed by atoms with E-state index in [0.29, 0.717) is 4.91 Å². The van der Waals surface area contributed by atoms with Crippen LogP contribution >= 0.6 is 11.8 Å². The number of hydrogen-bond acceptors (Lipinski definition) is 3. The number of carbonyl (C=O) groups is 2. The van der Waals surface area contributed by atoms with Gasteiger partial charge in [0, 0.05) is 12.1 Å². The summed E-state index contributed by atoms with van der Waals surface area (Å²) in [6, 6.07) is 8.54. The molecule has 0 aromatic heterocycles. The standard InChI is InChI=1S/C24H26N2O2S/c1-2-17-11-13-18(14-12-17)15-22-24(28)26(20-9-5-6-10-21(20)29-22)16-23(27)25-19-7-3-4-8-19/h5-6,9-15,19,21H,2-4,7-8,16H2,1H3/p+1/b22-15+. The van der Waals surface area contributed by atoms with Gasteiger partial charge in [-0.25, -0.2) is 4.79 Å². The summed E-state index contributed by atoms with van der Waals surface area (Å²) in [5.41, 5.74) is 3.17. The summed E-state index contributed by atoms with van der Waals surface area (Å²) in [5, 5.41) is 3.16. The van der Waals surface area contributed by atoms with E-state index in [1.807, 2.05) is 36.4 Å². The van der Waals surface area contributed by atoms with E-state index in [4.69, 9.17) is 0 Å². The molecule has 29 heavy (non-hydrogen) atoms. The zero-order valence-corrected chi connectivity index (χ0v) is 17.6. The molecule has 1 aliphatic heterocycles. The largest absolute Gasteiger partial charge is 0.426 e. The average molecular weight is 408 g/mol. The molecule has 2 aliphatic carbocycles. The average Bonchev–Trinajstić information content (AvgIpc) is 3.24. The summed E-state index contributed by atoms with van der Waals surface area (Å²) >= 11 is 1.56. The Labute approximate surface area is 176 Å². The van der Waals surface area contributed by atoms with Crippen molar-refractivity contribution in [3.8, 4) is 0 Å². The fraction of sp³-hybridized carbons (Fsp3) is 0.375. The summed E-state index contributed by atoms with van der Waals surface area (Å²) < 4.78 is 1.65. The number of nitrogens with zero attached hydrogens (tertiary/aromatic N) is 1. The van der Waals surface area contributed by atoms with Gasteiger partial charge in [-0.15, -0.1) is 4.58 Å². The van der Waals surface area contributed by atoms with Crippen molar-refractivity contribution in [1.82, 2.24) is 5.32 Å². The normalized spacial score (nSPS) is 23.0. The Hall–Kier alpha value is -2.40. The van der Waals surface area contributed by atoms with Crippen LogP contribution in [0.5, 0.6) is 0 Å². The number of fused-ring (bicyclic) bond motifs is 1. The molecule has 0 saturated heterocycles. The number of allylic oxidation sites excluding steroid dienone is 3. The molecule has 1 heterocycles. The van der Waals surface area contributed by atoms with Gasteiger partial charge in [0.15, 0.2) is 0 Å². The van der Waals surface area contributed by atoms with E-state index in [-0.39, 0.29) is 29.7 Å². The maximum Gasteiger partial charge on any atom is 0.426 e. The fourth-order valence-corrected chi connectivity index (χ4v) is 5.22. The number of rotatable bonds is 5. The molecular weight excluding hydrogens is 380 g/mol. The smallest absolute Gasteiger partial charge is 0.348 e. The molecule has 1 aromatic rings. The van der Waals surface area contributed by atoms with E-state index < -0.39 is 0 Å². The lowest BCUT2D eigenvalue weighted by Gasteiger charge is -2.21. The number of carbonyl (C=O) groups excluding carboxylic acids is 2. The number of thioether (sulfide) groups is 1. The van der Waals surface area contributed by atoms with Crippen molar-refractivity contribution in [3.63, 3.8) is 0 Å². The van der Waals surface area contributed by atoms with Gasteiger partial charge in [-0.3, -0.25) is 4.79 Å². The maximum absolute atomic E-state index is 13.3. The Morgan fingerprint density at radius 2 is 1.97 bits per heavy atom. The number of nitrogens with one attached hydrogen (secondary N) is 1. The van der Waals surface area contributed by atoms with Gasteiger partial charge in [0.05, 0.1) is 0 Å². The van der Waals surface area contributed by atoms with Crippen LogP contribution in [0.4, 0.5) is 0 Å². The van der Waals surface area contributed by atoms with Gasteiger partial charge in [-0.1, -0.05) is 74.0 Å². The van der Waals surface area contributed by atoms with Gasteiger partial charge in [0.25, 0.3) is 5.91 Å². The van der Waals surface area contributed by atoms with E-state index in [1.54, 1.807) is 16.3 Å². The molecule has 4 nitrogen and oxygen atoms in total. The zero-order chi connectivity index (χ0) is 20.2. The predicted molar refractivity (Wildman–Crippen MR) is 119 cm³/mol. The van der Waals surface area contributed by atoms with E-state index in [2.05, 4.69) is 30.4 Å². The van der Waals surface area contributed by atoms with Crippen molar-refractivity contribution in [2.75, 3.05) is 6.54 Å². The maximum atomic E-state index is 13.3. The van der Waals surface area contributed by atoms with Crippen molar-refractivity contribution >= 4 is 35.4 Å². The van der Waals surface area contributed by atoms with Crippen LogP contribution in [-0.4, -0.2) is 39.9 Å². The second-order valence-electron chi connectivity index (χ2n) is 7.75. The highest BCUT2D eigenvalue weighted by Crippen LogP contribution is 2.33. The fourth-order valence-electron chi connectivity index (χ4n) is 4.04. The highest BCUT2D eigenvalue weighted by Gasteiger charge is 2.39. The van der Waals surface area contributed by atoms with E-state index in [1.165, 1.54) is 18.4 Å². The van der Waals surface area contributed by atoms with Gasteiger partial charge in [0.2, 0.25) is 12.3 Å². The molecule has 1 atom stereocenters. The van der Waals surface area contributed by atoms with Gasteiger partial charge in [-0.2, -0.15) is 0 Å². The number of hydrogen-bond donors (Lipinski definition) is 1. The molecule has 4 rings (SSSR count).